The lowest BCUT2D eigenvalue weighted by Crippen LogP contribution is -1.99. The minimum atomic E-state index is 0.692. The average molecular weight is 355 g/mol. The fourth-order valence-electron chi connectivity index (χ4n) is 2.73. The SMILES string of the molecule is CCCCC(CCBr)c1sc2cc(OC)ccc2c1C. The number of methoxy groups -OCH3 is 1. The molecule has 0 radical (unpaired) electrons. The first kappa shape index (κ1) is 15.8. The third kappa shape index (κ3) is 3.37. The van der Waals surface area contributed by atoms with Crippen LogP contribution < -0.4 is 4.74 Å². The number of halogens is 1. The topological polar surface area (TPSA) is 9.23 Å². The Morgan fingerprint density at radius 2 is 2.10 bits per heavy atom. The Balaban J connectivity index is 2.38. The molecule has 2 rings (SSSR count). The van der Waals surface area contributed by atoms with Gasteiger partial charge >= 0.3 is 0 Å². The van der Waals surface area contributed by atoms with E-state index < -0.39 is 0 Å². The van der Waals surface area contributed by atoms with E-state index in [1.807, 2.05) is 11.3 Å². The van der Waals surface area contributed by atoms with Gasteiger partial charge in [-0.05, 0) is 54.8 Å². The van der Waals surface area contributed by atoms with Crippen molar-refractivity contribution < 1.29 is 4.74 Å². The van der Waals surface area contributed by atoms with Gasteiger partial charge in [-0.15, -0.1) is 11.3 Å². The minimum Gasteiger partial charge on any atom is -0.497 e. The Kier molecular flexibility index (Phi) is 5.91. The van der Waals surface area contributed by atoms with Crippen molar-refractivity contribution in [1.82, 2.24) is 0 Å². The van der Waals surface area contributed by atoms with Crippen molar-refractivity contribution in [2.24, 2.45) is 0 Å². The van der Waals surface area contributed by atoms with Gasteiger partial charge in [-0.3, -0.25) is 0 Å². The van der Waals surface area contributed by atoms with Crippen LogP contribution in [0.4, 0.5) is 0 Å². The second kappa shape index (κ2) is 7.46. The highest BCUT2D eigenvalue weighted by molar-refractivity contribution is 9.09. The van der Waals surface area contributed by atoms with E-state index in [0.29, 0.717) is 5.92 Å². The smallest absolute Gasteiger partial charge is 0.120 e. The molecule has 0 spiro atoms. The Hall–Kier alpha value is -0.540. The van der Waals surface area contributed by atoms with E-state index >= 15 is 0 Å². The normalized spacial score (nSPS) is 12.8. The summed E-state index contributed by atoms with van der Waals surface area (Å²) in [5.74, 6) is 1.65. The predicted octanol–water partition coefficient (Wildman–Crippen LogP) is 6.28. The molecule has 0 aliphatic carbocycles. The number of ether oxygens (including phenoxy) is 1. The van der Waals surface area contributed by atoms with Crippen LogP contribution in [0.1, 0.15) is 49.0 Å². The summed E-state index contributed by atoms with van der Waals surface area (Å²) >= 11 is 5.57. The van der Waals surface area contributed by atoms with E-state index in [1.54, 1.807) is 12.0 Å². The van der Waals surface area contributed by atoms with Crippen molar-refractivity contribution in [1.29, 1.82) is 0 Å². The lowest BCUT2D eigenvalue weighted by molar-refractivity contribution is 0.415. The molecule has 0 aliphatic rings. The molecule has 2 aromatic rings. The highest BCUT2D eigenvalue weighted by Gasteiger charge is 2.18. The molecular formula is C17H23BrOS. The maximum atomic E-state index is 5.34. The van der Waals surface area contributed by atoms with Crippen molar-refractivity contribution in [3.05, 3.63) is 28.6 Å². The monoisotopic (exact) mass is 354 g/mol. The van der Waals surface area contributed by atoms with Gasteiger partial charge in [0.1, 0.15) is 5.75 Å². The van der Waals surface area contributed by atoms with Gasteiger partial charge in [0, 0.05) is 14.9 Å². The second-order valence-corrected chi connectivity index (χ2v) is 7.15. The first-order chi connectivity index (χ1) is 9.71. The molecule has 110 valence electrons. The van der Waals surface area contributed by atoms with Crippen LogP contribution in [0.2, 0.25) is 0 Å². The number of benzene rings is 1. The van der Waals surface area contributed by atoms with Gasteiger partial charge in [0.15, 0.2) is 0 Å². The molecule has 1 atom stereocenters. The summed E-state index contributed by atoms with van der Waals surface area (Å²) in [4.78, 5) is 1.57. The van der Waals surface area contributed by atoms with Gasteiger partial charge in [-0.1, -0.05) is 35.7 Å². The fourth-order valence-corrected chi connectivity index (χ4v) is 4.69. The lowest BCUT2D eigenvalue weighted by atomic mass is 9.94. The van der Waals surface area contributed by atoms with E-state index in [-0.39, 0.29) is 0 Å². The highest BCUT2D eigenvalue weighted by atomic mass is 79.9. The average Bonchev–Trinajstić information content (AvgIpc) is 2.80. The van der Waals surface area contributed by atoms with Gasteiger partial charge in [0.25, 0.3) is 0 Å². The molecule has 1 aromatic carbocycles. The lowest BCUT2D eigenvalue weighted by Gasteiger charge is -2.14. The van der Waals surface area contributed by atoms with Crippen LogP contribution in [0.25, 0.3) is 10.1 Å². The van der Waals surface area contributed by atoms with Gasteiger partial charge in [-0.25, -0.2) is 0 Å². The largest absolute Gasteiger partial charge is 0.497 e. The summed E-state index contributed by atoms with van der Waals surface area (Å²) in [6, 6.07) is 6.44. The summed E-state index contributed by atoms with van der Waals surface area (Å²) in [5, 5.41) is 2.47. The molecule has 0 N–H and O–H groups in total. The maximum Gasteiger partial charge on any atom is 0.120 e. The molecule has 0 saturated heterocycles. The molecule has 0 saturated carbocycles. The summed E-state index contributed by atoms with van der Waals surface area (Å²) < 4.78 is 6.70. The van der Waals surface area contributed by atoms with Crippen LogP contribution in [0.3, 0.4) is 0 Å². The molecule has 3 heteroatoms. The van der Waals surface area contributed by atoms with Crippen LogP contribution in [0.15, 0.2) is 18.2 Å². The van der Waals surface area contributed by atoms with Gasteiger partial charge in [0.05, 0.1) is 7.11 Å². The van der Waals surface area contributed by atoms with Crippen molar-refractivity contribution in [2.45, 2.75) is 45.4 Å². The number of alkyl halides is 1. The molecule has 0 aliphatic heterocycles. The quantitative estimate of drug-likeness (QED) is 0.531. The number of thiophene rings is 1. The number of aryl methyl sites for hydroxylation is 1. The van der Waals surface area contributed by atoms with Crippen LogP contribution in [0, 0.1) is 6.92 Å². The maximum absolute atomic E-state index is 5.34. The van der Waals surface area contributed by atoms with Crippen LogP contribution in [-0.4, -0.2) is 12.4 Å². The number of rotatable bonds is 7. The van der Waals surface area contributed by atoms with Crippen molar-refractivity contribution in [3.8, 4) is 5.75 Å². The summed E-state index contributed by atoms with van der Waals surface area (Å²) in [7, 11) is 1.73. The number of unbranched alkanes of at least 4 members (excludes halogenated alkanes) is 1. The Morgan fingerprint density at radius 1 is 1.30 bits per heavy atom. The molecule has 1 aromatic heterocycles. The molecule has 20 heavy (non-hydrogen) atoms. The van der Waals surface area contributed by atoms with E-state index in [9.17, 15) is 0 Å². The highest BCUT2D eigenvalue weighted by Crippen LogP contribution is 2.40. The van der Waals surface area contributed by atoms with Crippen LogP contribution >= 0.6 is 27.3 Å². The summed E-state index contributed by atoms with van der Waals surface area (Å²) in [6.07, 6.45) is 5.11. The second-order valence-electron chi connectivity index (χ2n) is 5.27. The fraction of sp³-hybridized carbons (Fsp3) is 0.529. The van der Waals surface area contributed by atoms with Gasteiger partial charge in [-0.2, -0.15) is 0 Å². The number of hydrogen-bond donors (Lipinski definition) is 0. The first-order valence-electron chi connectivity index (χ1n) is 7.34. The third-order valence-corrected chi connectivity index (χ3v) is 5.79. The molecule has 0 fully saturated rings. The molecule has 1 heterocycles. The number of hydrogen-bond acceptors (Lipinski definition) is 2. The Morgan fingerprint density at radius 3 is 2.75 bits per heavy atom. The van der Waals surface area contributed by atoms with Crippen LogP contribution in [-0.2, 0) is 0 Å². The standard InChI is InChI=1S/C17H23BrOS/c1-4-5-6-13(9-10-18)17-12(2)15-8-7-14(19-3)11-16(15)20-17/h7-8,11,13H,4-6,9-10H2,1-3H3. The predicted molar refractivity (Wildman–Crippen MR) is 93.8 cm³/mol. The van der Waals surface area contributed by atoms with E-state index in [1.165, 1.54) is 41.3 Å². The van der Waals surface area contributed by atoms with Crippen molar-refractivity contribution >= 4 is 37.4 Å². The molecule has 1 unspecified atom stereocenters. The molecule has 0 amide bonds. The first-order valence-corrected chi connectivity index (χ1v) is 9.28. The number of fused-ring (bicyclic) bond motifs is 1. The Labute approximate surface area is 134 Å². The zero-order valence-electron chi connectivity index (χ0n) is 12.5. The van der Waals surface area contributed by atoms with Gasteiger partial charge < -0.3 is 4.74 Å². The molecular weight excluding hydrogens is 332 g/mol. The summed E-state index contributed by atoms with van der Waals surface area (Å²) in [6.45, 7) is 4.54. The molecule has 0 bridgehead atoms. The van der Waals surface area contributed by atoms with Crippen LogP contribution in [0.5, 0.6) is 5.75 Å². The Bertz CT molecular complexity index is 561. The zero-order chi connectivity index (χ0) is 14.5. The van der Waals surface area contributed by atoms with E-state index in [2.05, 4.69) is 48.0 Å². The van der Waals surface area contributed by atoms with Crippen molar-refractivity contribution in [3.63, 3.8) is 0 Å². The van der Waals surface area contributed by atoms with Gasteiger partial charge in [0.2, 0.25) is 0 Å². The summed E-state index contributed by atoms with van der Waals surface area (Å²) in [5.41, 5.74) is 1.47. The zero-order valence-corrected chi connectivity index (χ0v) is 14.9. The van der Waals surface area contributed by atoms with E-state index in [4.69, 9.17) is 4.74 Å². The third-order valence-electron chi connectivity index (χ3n) is 3.92. The van der Waals surface area contributed by atoms with Crippen molar-refractivity contribution in [2.75, 3.05) is 12.4 Å². The van der Waals surface area contributed by atoms with E-state index in [0.717, 1.165) is 11.1 Å². The minimum absolute atomic E-state index is 0.692. The molecule has 1 nitrogen and oxygen atoms in total.